The first-order chi connectivity index (χ1) is 7.06. The molecule has 0 N–H and O–H groups in total. The molecule has 15 heavy (non-hydrogen) atoms. The summed E-state index contributed by atoms with van der Waals surface area (Å²) < 4.78 is 19.5. The fraction of sp³-hybridized carbons (Fsp3) is 0.333. The van der Waals surface area contributed by atoms with Crippen LogP contribution in [-0.2, 0) is 0 Å². The molecule has 1 aromatic carbocycles. The SMILES string of the molecule is C=CC[C@H](C)Oc1ccc(F)c(C)c1Br. The van der Waals surface area contributed by atoms with Crippen LogP contribution >= 0.6 is 15.9 Å². The van der Waals surface area contributed by atoms with Gasteiger partial charge in [-0.05, 0) is 41.9 Å². The molecular weight excluding hydrogens is 259 g/mol. The highest BCUT2D eigenvalue weighted by atomic mass is 79.9. The molecule has 0 aliphatic heterocycles. The van der Waals surface area contributed by atoms with E-state index in [0.29, 0.717) is 15.8 Å². The number of ether oxygens (including phenoxy) is 1. The van der Waals surface area contributed by atoms with E-state index in [-0.39, 0.29) is 11.9 Å². The Labute approximate surface area is 98.1 Å². The van der Waals surface area contributed by atoms with Crippen LogP contribution < -0.4 is 4.74 Å². The minimum atomic E-state index is -0.231. The van der Waals surface area contributed by atoms with Crippen molar-refractivity contribution in [1.82, 2.24) is 0 Å². The molecule has 1 rings (SSSR count). The van der Waals surface area contributed by atoms with Crippen LogP contribution in [0.25, 0.3) is 0 Å². The van der Waals surface area contributed by atoms with Crippen molar-refractivity contribution in [1.29, 1.82) is 0 Å². The molecule has 0 aliphatic carbocycles. The number of hydrogen-bond donors (Lipinski definition) is 0. The molecule has 0 radical (unpaired) electrons. The number of benzene rings is 1. The van der Waals surface area contributed by atoms with Gasteiger partial charge in [-0.2, -0.15) is 0 Å². The minimum absolute atomic E-state index is 0.0451. The lowest BCUT2D eigenvalue weighted by atomic mass is 10.2. The van der Waals surface area contributed by atoms with Crippen molar-refractivity contribution in [2.45, 2.75) is 26.4 Å². The smallest absolute Gasteiger partial charge is 0.134 e. The van der Waals surface area contributed by atoms with E-state index in [2.05, 4.69) is 22.5 Å². The van der Waals surface area contributed by atoms with Crippen molar-refractivity contribution in [2.75, 3.05) is 0 Å². The largest absolute Gasteiger partial charge is 0.489 e. The van der Waals surface area contributed by atoms with E-state index in [1.165, 1.54) is 6.07 Å². The Bertz CT molecular complexity index is 363. The lowest BCUT2D eigenvalue weighted by Crippen LogP contribution is -2.10. The third-order valence-electron chi connectivity index (χ3n) is 2.11. The number of halogens is 2. The highest BCUT2D eigenvalue weighted by molar-refractivity contribution is 9.10. The molecule has 1 nitrogen and oxygen atoms in total. The Morgan fingerprint density at radius 3 is 2.87 bits per heavy atom. The summed E-state index contributed by atoms with van der Waals surface area (Å²) >= 11 is 3.32. The van der Waals surface area contributed by atoms with Crippen LogP contribution in [-0.4, -0.2) is 6.10 Å². The second kappa shape index (κ2) is 5.31. The van der Waals surface area contributed by atoms with Crippen LogP contribution in [0.2, 0.25) is 0 Å². The van der Waals surface area contributed by atoms with Gasteiger partial charge in [-0.25, -0.2) is 4.39 Å². The molecular formula is C12H14BrFO. The maximum absolute atomic E-state index is 13.1. The zero-order valence-corrected chi connectivity index (χ0v) is 10.5. The standard InChI is InChI=1S/C12H14BrFO/c1-4-5-8(2)15-11-7-6-10(14)9(3)12(11)13/h4,6-8H,1,5H2,2-3H3/t8-/m0/s1. The average molecular weight is 273 g/mol. The lowest BCUT2D eigenvalue weighted by Gasteiger charge is -2.15. The summed E-state index contributed by atoms with van der Waals surface area (Å²) in [6, 6.07) is 3.04. The molecule has 0 fully saturated rings. The predicted octanol–water partition coefficient (Wildman–Crippen LogP) is 4.24. The first-order valence-electron chi connectivity index (χ1n) is 4.78. The molecule has 0 heterocycles. The predicted molar refractivity (Wildman–Crippen MR) is 63.7 cm³/mol. The van der Waals surface area contributed by atoms with Gasteiger partial charge in [-0.15, -0.1) is 6.58 Å². The van der Waals surface area contributed by atoms with E-state index >= 15 is 0 Å². The molecule has 82 valence electrons. The lowest BCUT2D eigenvalue weighted by molar-refractivity contribution is 0.223. The molecule has 0 unspecified atom stereocenters. The van der Waals surface area contributed by atoms with Crippen LogP contribution in [0.15, 0.2) is 29.3 Å². The van der Waals surface area contributed by atoms with Gasteiger partial charge in [0.05, 0.1) is 10.6 Å². The molecule has 1 atom stereocenters. The van der Waals surface area contributed by atoms with Gasteiger partial charge in [-0.3, -0.25) is 0 Å². The highest BCUT2D eigenvalue weighted by Gasteiger charge is 2.10. The Hall–Kier alpha value is -0.830. The molecule has 0 aliphatic rings. The molecule has 0 aromatic heterocycles. The topological polar surface area (TPSA) is 9.23 Å². The van der Waals surface area contributed by atoms with E-state index < -0.39 is 0 Å². The molecule has 1 aromatic rings. The fourth-order valence-corrected chi connectivity index (χ4v) is 1.64. The molecule has 0 bridgehead atoms. The van der Waals surface area contributed by atoms with Gasteiger partial charge in [0.25, 0.3) is 0 Å². The zero-order chi connectivity index (χ0) is 11.4. The monoisotopic (exact) mass is 272 g/mol. The van der Waals surface area contributed by atoms with E-state index in [4.69, 9.17) is 4.74 Å². The van der Waals surface area contributed by atoms with Gasteiger partial charge in [0.1, 0.15) is 11.6 Å². The molecule has 0 amide bonds. The van der Waals surface area contributed by atoms with Crippen LogP contribution in [0.5, 0.6) is 5.75 Å². The van der Waals surface area contributed by atoms with E-state index in [0.717, 1.165) is 6.42 Å². The van der Waals surface area contributed by atoms with Crippen LogP contribution in [0.3, 0.4) is 0 Å². The summed E-state index contributed by atoms with van der Waals surface area (Å²) in [6.45, 7) is 7.31. The van der Waals surface area contributed by atoms with Crippen molar-refractivity contribution in [3.05, 3.63) is 40.6 Å². The Balaban J connectivity index is 2.86. The van der Waals surface area contributed by atoms with Gasteiger partial charge < -0.3 is 4.74 Å². The van der Waals surface area contributed by atoms with Crippen molar-refractivity contribution in [3.63, 3.8) is 0 Å². The normalized spacial score (nSPS) is 12.3. The second-order valence-electron chi connectivity index (χ2n) is 3.44. The van der Waals surface area contributed by atoms with E-state index in [1.807, 2.05) is 6.92 Å². The van der Waals surface area contributed by atoms with Crippen molar-refractivity contribution in [2.24, 2.45) is 0 Å². The zero-order valence-electron chi connectivity index (χ0n) is 8.89. The van der Waals surface area contributed by atoms with Crippen LogP contribution in [0.1, 0.15) is 18.9 Å². The maximum atomic E-state index is 13.1. The van der Waals surface area contributed by atoms with Gasteiger partial charge in [0, 0.05) is 12.0 Å². The first-order valence-corrected chi connectivity index (χ1v) is 5.57. The highest BCUT2D eigenvalue weighted by Crippen LogP contribution is 2.30. The van der Waals surface area contributed by atoms with Gasteiger partial charge in [0.15, 0.2) is 0 Å². The first kappa shape index (κ1) is 12.2. The maximum Gasteiger partial charge on any atom is 0.134 e. The van der Waals surface area contributed by atoms with Crippen molar-refractivity contribution < 1.29 is 9.13 Å². The third kappa shape index (κ3) is 3.06. The Morgan fingerprint density at radius 1 is 1.60 bits per heavy atom. The molecule has 0 spiro atoms. The Morgan fingerprint density at radius 2 is 2.27 bits per heavy atom. The van der Waals surface area contributed by atoms with E-state index in [1.54, 1.807) is 19.1 Å². The molecule has 0 saturated carbocycles. The van der Waals surface area contributed by atoms with Crippen LogP contribution in [0.4, 0.5) is 4.39 Å². The fourth-order valence-electron chi connectivity index (χ4n) is 1.23. The van der Waals surface area contributed by atoms with Crippen molar-refractivity contribution in [3.8, 4) is 5.75 Å². The molecule has 0 saturated heterocycles. The van der Waals surface area contributed by atoms with Crippen molar-refractivity contribution >= 4 is 15.9 Å². The summed E-state index contributed by atoms with van der Waals surface area (Å²) in [7, 11) is 0. The Kier molecular flexibility index (Phi) is 4.33. The van der Waals surface area contributed by atoms with Gasteiger partial charge >= 0.3 is 0 Å². The summed E-state index contributed by atoms with van der Waals surface area (Å²) in [5, 5.41) is 0. The average Bonchev–Trinajstić information content (AvgIpc) is 2.20. The number of hydrogen-bond acceptors (Lipinski definition) is 1. The van der Waals surface area contributed by atoms with E-state index in [9.17, 15) is 4.39 Å². The van der Waals surface area contributed by atoms with Gasteiger partial charge in [0.2, 0.25) is 0 Å². The van der Waals surface area contributed by atoms with Gasteiger partial charge in [-0.1, -0.05) is 6.08 Å². The van der Waals surface area contributed by atoms with Crippen LogP contribution in [0, 0.1) is 12.7 Å². The molecule has 3 heteroatoms. The summed E-state index contributed by atoms with van der Waals surface area (Å²) in [5.74, 6) is 0.439. The number of rotatable bonds is 4. The summed E-state index contributed by atoms with van der Waals surface area (Å²) in [4.78, 5) is 0. The second-order valence-corrected chi connectivity index (χ2v) is 4.23. The quantitative estimate of drug-likeness (QED) is 0.745. The minimum Gasteiger partial charge on any atom is -0.489 e. The third-order valence-corrected chi connectivity index (χ3v) is 3.10. The summed E-state index contributed by atoms with van der Waals surface area (Å²) in [5.41, 5.74) is 0.568. The summed E-state index contributed by atoms with van der Waals surface area (Å²) in [6.07, 6.45) is 2.61.